The molecule has 0 heterocycles. The molecular formula is C33H35F3N4O7S. The van der Waals surface area contributed by atoms with E-state index in [9.17, 15) is 40.9 Å². The Morgan fingerprint density at radius 1 is 0.938 bits per heavy atom. The zero-order valence-corrected chi connectivity index (χ0v) is 26.9. The maximum atomic E-state index is 14.3. The quantitative estimate of drug-likeness (QED) is 0.113. The van der Waals surface area contributed by atoms with Crippen molar-refractivity contribution in [3.05, 3.63) is 113 Å². The number of nitroso groups, excluding NO2 is 1. The molecule has 0 spiro atoms. The molecule has 11 nitrogen and oxygen atoms in total. The molecule has 3 atom stereocenters. The number of hydrogen-bond donors (Lipinski definition) is 2. The highest BCUT2D eigenvalue weighted by Crippen LogP contribution is 2.30. The van der Waals surface area contributed by atoms with E-state index in [0.717, 1.165) is 29.6 Å². The van der Waals surface area contributed by atoms with Crippen LogP contribution in [0.3, 0.4) is 0 Å². The van der Waals surface area contributed by atoms with E-state index in [1.54, 1.807) is 67.6 Å². The number of carbonyl (C=O) groups is 3. The summed E-state index contributed by atoms with van der Waals surface area (Å²) in [5.74, 6) is -2.10. The van der Waals surface area contributed by atoms with Crippen LogP contribution >= 0.6 is 0 Å². The van der Waals surface area contributed by atoms with E-state index in [4.69, 9.17) is 0 Å². The summed E-state index contributed by atoms with van der Waals surface area (Å²) >= 11 is 0. The number of rotatable bonds is 16. The van der Waals surface area contributed by atoms with Crippen LogP contribution in [0, 0.1) is 4.91 Å². The zero-order valence-electron chi connectivity index (χ0n) is 26.0. The van der Waals surface area contributed by atoms with Gasteiger partial charge in [0.1, 0.15) is 24.1 Å². The number of carbonyl (C=O) groups excluding carboxylic acids is 3. The number of halogens is 3. The van der Waals surface area contributed by atoms with Crippen molar-refractivity contribution in [2.45, 2.75) is 54.9 Å². The first-order chi connectivity index (χ1) is 22.9. The fourth-order valence-corrected chi connectivity index (χ4v) is 6.63. The average Bonchev–Trinajstić information content (AvgIpc) is 3.08. The van der Waals surface area contributed by atoms with Gasteiger partial charge in [-0.1, -0.05) is 79.7 Å². The van der Waals surface area contributed by atoms with Gasteiger partial charge in [0.25, 0.3) is 0 Å². The van der Waals surface area contributed by atoms with Gasteiger partial charge < -0.3 is 20.2 Å². The molecule has 0 bridgehead atoms. The second-order valence-corrected chi connectivity index (χ2v) is 12.4. The maximum absolute atomic E-state index is 14.3. The number of methoxy groups -OCH3 is 1. The van der Waals surface area contributed by atoms with Crippen molar-refractivity contribution in [1.29, 1.82) is 0 Å². The smallest absolute Gasteiger partial charge is 0.412 e. The Balaban J connectivity index is 1.92. The molecule has 0 aliphatic carbocycles. The summed E-state index contributed by atoms with van der Waals surface area (Å²) < 4.78 is 75.1. The van der Waals surface area contributed by atoms with E-state index in [2.05, 4.69) is 15.2 Å². The average molecular weight is 689 g/mol. The predicted octanol–water partition coefficient (Wildman–Crippen LogP) is 5.60. The number of sulfonamides is 1. The normalized spacial score (nSPS) is 13.9. The molecule has 3 aromatic carbocycles. The van der Waals surface area contributed by atoms with Crippen molar-refractivity contribution in [3.63, 3.8) is 0 Å². The highest BCUT2D eigenvalue weighted by atomic mass is 32.2. The fourth-order valence-electron chi connectivity index (χ4n) is 4.96. The van der Waals surface area contributed by atoms with Crippen LogP contribution in [0.5, 0.6) is 0 Å². The molecule has 3 rings (SSSR count). The Kier molecular flexibility index (Phi) is 13.6. The zero-order chi connectivity index (χ0) is 35.3. The van der Waals surface area contributed by atoms with Gasteiger partial charge in [0.2, 0.25) is 15.9 Å². The molecule has 0 radical (unpaired) electrons. The minimum atomic E-state index is -5.02. The number of hydrogen-bond acceptors (Lipinski definition) is 8. The number of alkyl carbamates (subject to hydrolysis) is 1. The summed E-state index contributed by atoms with van der Waals surface area (Å²) in [6, 6.07) is 15.9. The molecule has 2 N–H and O–H groups in total. The highest BCUT2D eigenvalue weighted by Gasteiger charge is 2.42. The lowest BCUT2D eigenvalue weighted by atomic mass is 9.84. The molecule has 256 valence electrons. The van der Waals surface area contributed by atoms with Crippen LogP contribution in [0.1, 0.15) is 36.8 Å². The molecule has 0 saturated carbocycles. The predicted molar refractivity (Wildman–Crippen MR) is 172 cm³/mol. The first kappa shape index (κ1) is 37.6. The van der Waals surface area contributed by atoms with Gasteiger partial charge in [-0.2, -0.15) is 17.5 Å². The van der Waals surface area contributed by atoms with Crippen LogP contribution in [-0.2, 0) is 24.3 Å². The molecule has 48 heavy (non-hydrogen) atoms. The van der Waals surface area contributed by atoms with Gasteiger partial charge in [0.15, 0.2) is 0 Å². The molecular weight excluding hydrogens is 653 g/mol. The number of nitrogens with one attached hydrogen (secondary N) is 2. The molecule has 15 heteroatoms. The molecule has 2 amide bonds. The first-order valence-corrected chi connectivity index (χ1v) is 16.2. The lowest BCUT2D eigenvalue weighted by Gasteiger charge is -2.29. The second-order valence-electron chi connectivity index (χ2n) is 10.5. The monoisotopic (exact) mass is 688 g/mol. The van der Waals surface area contributed by atoms with Crippen molar-refractivity contribution >= 4 is 34.0 Å². The molecule has 0 aromatic heterocycles. The SMILES string of the molecule is CCCN([C@H](C=O)C/C=C/C(NC(=O)[C@@H](NC(=O)OC)C(c1ccccc1)c1ccccc1)C(F)(F)F)S(=O)(=O)c1ccc(N=O)cc1. The molecule has 1 unspecified atom stereocenters. The standard InChI is InChI=1S/C33H35F3N4O7S/c1-3-21-40(48(45,46)27-19-17-25(39-44)18-20-27)26(22-41)15-10-16-28(33(34,35)36)37-31(42)30(38-32(43)47-2)29(23-11-6-4-7-12-23)24-13-8-5-9-14-24/h4-14,16-20,22,26,28-30H,3,15,21H2,1-2H3,(H,37,42)(H,38,43)/b16-10+/t26-,28?,30-/m0/s1. The Bertz CT molecular complexity index is 1620. The van der Waals surface area contributed by atoms with Gasteiger partial charge >= 0.3 is 12.3 Å². The van der Waals surface area contributed by atoms with Crippen molar-refractivity contribution in [2.24, 2.45) is 5.18 Å². The third-order valence-electron chi connectivity index (χ3n) is 7.27. The molecule has 0 fully saturated rings. The van der Waals surface area contributed by atoms with E-state index in [-0.39, 0.29) is 23.5 Å². The van der Waals surface area contributed by atoms with E-state index in [1.807, 2.05) is 5.32 Å². The highest BCUT2D eigenvalue weighted by molar-refractivity contribution is 7.89. The summed E-state index contributed by atoms with van der Waals surface area (Å²) in [7, 11) is -3.25. The van der Waals surface area contributed by atoms with E-state index >= 15 is 0 Å². The number of nitrogens with zero attached hydrogens (tertiary/aromatic N) is 2. The van der Waals surface area contributed by atoms with Gasteiger partial charge in [0.05, 0.1) is 18.0 Å². The third-order valence-corrected chi connectivity index (χ3v) is 9.21. The summed E-state index contributed by atoms with van der Waals surface area (Å²) in [6.07, 6.45) is -4.36. The topological polar surface area (TPSA) is 151 Å². The van der Waals surface area contributed by atoms with Crippen molar-refractivity contribution < 1.29 is 40.7 Å². The van der Waals surface area contributed by atoms with Gasteiger partial charge in [-0.15, -0.1) is 4.91 Å². The summed E-state index contributed by atoms with van der Waals surface area (Å²) in [6.45, 7) is 1.53. The number of aldehydes is 1. The minimum absolute atomic E-state index is 0.0195. The van der Waals surface area contributed by atoms with E-state index in [1.165, 1.54) is 12.1 Å². The Morgan fingerprint density at radius 2 is 1.50 bits per heavy atom. The largest absolute Gasteiger partial charge is 0.453 e. The van der Waals surface area contributed by atoms with Crippen LogP contribution in [0.4, 0.5) is 23.7 Å². The Morgan fingerprint density at radius 3 is 1.96 bits per heavy atom. The van der Waals surface area contributed by atoms with Crippen LogP contribution in [0.15, 0.2) is 107 Å². The van der Waals surface area contributed by atoms with Crippen LogP contribution in [0.25, 0.3) is 0 Å². The van der Waals surface area contributed by atoms with Crippen molar-refractivity contribution in [1.82, 2.24) is 14.9 Å². The maximum Gasteiger partial charge on any atom is 0.412 e. The lowest BCUT2D eigenvalue weighted by molar-refractivity contribution is -0.153. The fraction of sp³-hybridized carbons (Fsp3) is 0.303. The van der Waals surface area contributed by atoms with Gasteiger partial charge in [-0.05, 0) is 53.4 Å². The molecule has 0 saturated heterocycles. The molecule has 0 aliphatic rings. The number of alkyl halides is 3. The van der Waals surface area contributed by atoms with E-state index in [0.29, 0.717) is 23.5 Å². The number of amides is 2. The van der Waals surface area contributed by atoms with Crippen molar-refractivity contribution in [3.8, 4) is 0 Å². The Hall–Kier alpha value is -4.89. The number of ether oxygens (including phenoxy) is 1. The van der Waals surface area contributed by atoms with Crippen LogP contribution in [0.2, 0.25) is 0 Å². The van der Waals surface area contributed by atoms with Gasteiger partial charge in [0, 0.05) is 12.5 Å². The van der Waals surface area contributed by atoms with Crippen LogP contribution in [-0.4, -0.2) is 69.0 Å². The van der Waals surface area contributed by atoms with Gasteiger partial charge in [-0.25, -0.2) is 13.2 Å². The Labute approximate surface area is 276 Å². The summed E-state index contributed by atoms with van der Waals surface area (Å²) in [5, 5.41) is 7.03. The van der Waals surface area contributed by atoms with Crippen LogP contribution < -0.4 is 10.6 Å². The summed E-state index contributed by atoms with van der Waals surface area (Å²) in [4.78, 5) is 48.5. The lowest BCUT2D eigenvalue weighted by Crippen LogP contribution is -2.55. The summed E-state index contributed by atoms with van der Waals surface area (Å²) in [5.41, 5.74) is 1.04. The first-order valence-electron chi connectivity index (χ1n) is 14.8. The van der Waals surface area contributed by atoms with E-state index < -0.39 is 58.7 Å². The number of benzene rings is 3. The van der Waals surface area contributed by atoms with Crippen molar-refractivity contribution in [2.75, 3.05) is 13.7 Å². The molecule has 0 aliphatic heterocycles. The van der Waals surface area contributed by atoms with Gasteiger partial charge in [-0.3, -0.25) is 4.79 Å². The third kappa shape index (κ3) is 9.81. The minimum Gasteiger partial charge on any atom is -0.453 e. The molecule has 3 aromatic rings. The second kappa shape index (κ2) is 17.3.